The third-order valence-electron chi connectivity index (χ3n) is 5.15. The van der Waals surface area contributed by atoms with E-state index in [2.05, 4.69) is 10.3 Å². The van der Waals surface area contributed by atoms with Crippen molar-refractivity contribution < 1.29 is 37.7 Å². The lowest BCUT2D eigenvalue weighted by molar-refractivity contribution is 0.0734. The van der Waals surface area contributed by atoms with Crippen molar-refractivity contribution in [3.8, 4) is 17.0 Å². The SMILES string of the molecule is CCOC(=O)Nc1cc(OC(=O)c2cccnc2)ccc1-c1cc(=O)c2c(F)c(F)ccc2n1C(=O)O. The van der Waals surface area contributed by atoms with Gasteiger partial charge in [-0.3, -0.25) is 15.1 Å². The number of anilines is 1. The first-order valence-electron chi connectivity index (χ1n) is 10.7. The second kappa shape index (κ2) is 10.2. The largest absolute Gasteiger partial charge is 0.464 e. The number of amides is 1. The fraction of sp³-hybridized carbons (Fsp3) is 0.0800. The molecule has 0 saturated carbocycles. The maximum Gasteiger partial charge on any atom is 0.416 e. The Labute approximate surface area is 206 Å². The van der Waals surface area contributed by atoms with Gasteiger partial charge in [0.25, 0.3) is 0 Å². The molecule has 0 fully saturated rings. The zero-order valence-electron chi connectivity index (χ0n) is 19.0. The second-order valence-corrected chi connectivity index (χ2v) is 7.45. The number of benzene rings is 2. The van der Waals surface area contributed by atoms with Crippen molar-refractivity contribution in [3.63, 3.8) is 0 Å². The van der Waals surface area contributed by atoms with E-state index in [4.69, 9.17) is 9.47 Å². The van der Waals surface area contributed by atoms with Crippen molar-refractivity contribution >= 4 is 34.7 Å². The lowest BCUT2D eigenvalue weighted by atomic mass is 10.0. The number of carbonyl (C=O) groups excluding carboxylic acids is 2. The highest BCUT2D eigenvalue weighted by molar-refractivity contribution is 5.97. The molecule has 10 nitrogen and oxygen atoms in total. The van der Waals surface area contributed by atoms with Crippen molar-refractivity contribution in [2.45, 2.75) is 6.92 Å². The molecule has 0 atom stereocenters. The number of hydrogen-bond donors (Lipinski definition) is 2. The summed E-state index contributed by atoms with van der Waals surface area (Å²) in [6.07, 6.45) is 0.230. The predicted octanol–water partition coefficient (Wildman–Crippen LogP) is 4.66. The molecule has 4 aromatic rings. The Morgan fingerprint density at radius 1 is 1.11 bits per heavy atom. The van der Waals surface area contributed by atoms with Gasteiger partial charge in [-0.1, -0.05) is 0 Å². The molecule has 2 heterocycles. The first kappa shape index (κ1) is 25.0. The summed E-state index contributed by atoms with van der Waals surface area (Å²) in [5, 5.41) is 11.5. The van der Waals surface area contributed by atoms with E-state index in [-0.39, 0.29) is 34.9 Å². The lowest BCUT2D eigenvalue weighted by Crippen LogP contribution is -2.20. The summed E-state index contributed by atoms with van der Waals surface area (Å²) in [5.41, 5.74) is -1.63. The molecule has 188 valence electrons. The van der Waals surface area contributed by atoms with Crippen LogP contribution in [0.1, 0.15) is 17.3 Å². The van der Waals surface area contributed by atoms with Crippen LogP contribution in [0.15, 0.2) is 65.7 Å². The molecule has 1 amide bonds. The quantitative estimate of drug-likeness (QED) is 0.293. The minimum Gasteiger partial charge on any atom is -0.464 e. The number of carbonyl (C=O) groups is 3. The number of aromatic nitrogens is 2. The molecule has 2 aromatic carbocycles. The van der Waals surface area contributed by atoms with Gasteiger partial charge in [0.15, 0.2) is 17.1 Å². The zero-order chi connectivity index (χ0) is 26.7. The number of ether oxygens (including phenoxy) is 2. The molecule has 0 aliphatic heterocycles. The number of fused-ring (bicyclic) bond motifs is 1. The molecule has 0 aliphatic carbocycles. The first-order chi connectivity index (χ1) is 17.7. The number of hydrogen-bond acceptors (Lipinski definition) is 7. The Bertz CT molecular complexity index is 1600. The van der Waals surface area contributed by atoms with Gasteiger partial charge in [-0.15, -0.1) is 0 Å². The summed E-state index contributed by atoms with van der Waals surface area (Å²) in [5.74, 6) is -3.61. The van der Waals surface area contributed by atoms with E-state index in [1.165, 1.54) is 42.7 Å². The Kier molecular flexibility index (Phi) is 6.91. The smallest absolute Gasteiger partial charge is 0.416 e. The van der Waals surface area contributed by atoms with Gasteiger partial charge in [0.2, 0.25) is 0 Å². The van der Waals surface area contributed by atoms with Crippen LogP contribution in [0.4, 0.5) is 24.1 Å². The lowest BCUT2D eigenvalue weighted by Gasteiger charge is -2.17. The first-order valence-corrected chi connectivity index (χ1v) is 10.7. The number of pyridine rings is 2. The number of carboxylic acid groups (broad SMARTS) is 1. The summed E-state index contributed by atoms with van der Waals surface area (Å²) in [6.45, 7) is 1.57. The van der Waals surface area contributed by atoms with Gasteiger partial charge >= 0.3 is 18.2 Å². The van der Waals surface area contributed by atoms with Crippen molar-refractivity contribution in [2.75, 3.05) is 11.9 Å². The van der Waals surface area contributed by atoms with Gasteiger partial charge < -0.3 is 14.6 Å². The Morgan fingerprint density at radius 3 is 2.57 bits per heavy atom. The van der Waals surface area contributed by atoms with Crippen molar-refractivity contribution in [2.24, 2.45) is 0 Å². The Balaban J connectivity index is 1.89. The summed E-state index contributed by atoms with van der Waals surface area (Å²) < 4.78 is 38.9. The van der Waals surface area contributed by atoms with Crippen molar-refractivity contribution in [1.82, 2.24) is 9.55 Å². The topological polar surface area (TPSA) is 137 Å². The van der Waals surface area contributed by atoms with Gasteiger partial charge in [-0.25, -0.2) is 27.7 Å². The van der Waals surface area contributed by atoms with Gasteiger partial charge in [0, 0.05) is 30.1 Å². The van der Waals surface area contributed by atoms with E-state index < -0.39 is 46.1 Å². The maximum absolute atomic E-state index is 14.4. The van der Waals surface area contributed by atoms with E-state index >= 15 is 0 Å². The van der Waals surface area contributed by atoms with Crippen molar-refractivity contribution in [3.05, 3.63) is 88.3 Å². The average Bonchev–Trinajstić information content (AvgIpc) is 2.86. The highest BCUT2D eigenvalue weighted by Crippen LogP contribution is 2.33. The number of esters is 1. The van der Waals surface area contributed by atoms with Crippen LogP contribution in [0.3, 0.4) is 0 Å². The van der Waals surface area contributed by atoms with E-state index in [0.29, 0.717) is 10.6 Å². The fourth-order valence-corrected chi connectivity index (χ4v) is 3.60. The molecule has 0 bridgehead atoms. The van der Waals surface area contributed by atoms with Gasteiger partial charge in [0.1, 0.15) is 5.75 Å². The minimum absolute atomic E-state index is 0.0114. The normalized spacial score (nSPS) is 10.7. The number of nitrogens with one attached hydrogen (secondary N) is 1. The van der Waals surface area contributed by atoms with E-state index in [1.807, 2.05) is 0 Å². The number of nitrogens with zero attached hydrogens (tertiary/aromatic N) is 2. The fourth-order valence-electron chi connectivity index (χ4n) is 3.60. The second-order valence-electron chi connectivity index (χ2n) is 7.45. The molecule has 0 aliphatic rings. The van der Waals surface area contributed by atoms with Crippen LogP contribution >= 0.6 is 0 Å². The van der Waals surface area contributed by atoms with Crippen LogP contribution in [-0.4, -0.2) is 39.4 Å². The maximum atomic E-state index is 14.4. The Morgan fingerprint density at radius 2 is 1.89 bits per heavy atom. The highest BCUT2D eigenvalue weighted by atomic mass is 19.2. The molecular formula is C25H17F2N3O7. The zero-order valence-corrected chi connectivity index (χ0v) is 19.0. The third-order valence-corrected chi connectivity index (χ3v) is 5.15. The molecule has 0 saturated heterocycles. The predicted molar refractivity (Wildman–Crippen MR) is 127 cm³/mol. The monoisotopic (exact) mass is 509 g/mol. The van der Waals surface area contributed by atoms with Crippen LogP contribution in [0.5, 0.6) is 5.75 Å². The molecule has 0 spiro atoms. The molecule has 2 aromatic heterocycles. The summed E-state index contributed by atoms with van der Waals surface area (Å²) in [7, 11) is 0. The van der Waals surface area contributed by atoms with E-state index in [1.54, 1.807) is 6.92 Å². The van der Waals surface area contributed by atoms with Crippen LogP contribution in [0.2, 0.25) is 0 Å². The molecule has 0 unspecified atom stereocenters. The van der Waals surface area contributed by atoms with E-state index in [0.717, 1.165) is 12.1 Å². The Hall–Kier alpha value is -5.13. The molecule has 37 heavy (non-hydrogen) atoms. The van der Waals surface area contributed by atoms with Crippen LogP contribution < -0.4 is 15.5 Å². The molecule has 0 radical (unpaired) electrons. The van der Waals surface area contributed by atoms with Crippen molar-refractivity contribution in [1.29, 1.82) is 0 Å². The summed E-state index contributed by atoms with van der Waals surface area (Å²) in [6, 6.07) is 9.25. The highest BCUT2D eigenvalue weighted by Gasteiger charge is 2.23. The van der Waals surface area contributed by atoms with Crippen LogP contribution in [-0.2, 0) is 4.74 Å². The standard InChI is InChI=1S/C25H17F2N3O7/c1-2-36-24(33)29-17-10-14(37-23(32)13-4-3-9-28-12-13)5-6-15(17)19-11-20(31)21-18(30(19)25(34)35)8-7-16(26)22(21)27/h3-12H,2H2,1H3,(H,29,33)(H,34,35). The molecular weight excluding hydrogens is 492 g/mol. The number of halogens is 2. The number of rotatable bonds is 5. The van der Waals surface area contributed by atoms with E-state index in [9.17, 15) is 33.1 Å². The average molecular weight is 509 g/mol. The van der Waals surface area contributed by atoms with Crippen LogP contribution in [0, 0.1) is 11.6 Å². The third kappa shape index (κ3) is 4.98. The minimum atomic E-state index is -1.61. The van der Waals surface area contributed by atoms with Crippen LogP contribution in [0.25, 0.3) is 22.2 Å². The van der Waals surface area contributed by atoms with Gasteiger partial charge in [-0.05, 0) is 43.3 Å². The van der Waals surface area contributed by atoms with Gasteiger partial charge in [0.05, 0.1) is 34.5 Å². The molecule has 4 rings (SSSR count). The summed E-state index contributed by atoms with van der Waals surface area (Å²) in [4.78, 5) is 53.4. The molecule has 12 heteroatoms. The molecule has 2 N–H and O–H groups in total. The van der Waals surface area contributed by atoms with Gasteiger partial charge in [-0.2, -0.15) is 0 Å². The summed E-state index contributed by atoms with van der Waals surface area (Å²) >= 11 is 0.